The van der Waals surface area contributed by atoms with Crippen LogP contribution in [0.25, 0.3) is 0 Å². The van der Waals surface area contributed by atoms with Crippen LogP contribution >= 0.6 is 0 Å². The van der Waals surface area contributed by atoms with Crippen molar-refractivity contribution in [2.75, 3.05) is 13.1 Å². The summed E-state index contributed by atoms with van der Waals surface area (Å²) in [6.45, 7) is 6.00. The van der Waals surface area contributed by atoms with Crippen LogP contribution in [0.3, 0.4) is 0 Å². The molecule has 2 N–H and O–H groups in total. The molecule has 25 heavy (non-hydrogen) atoms. The van der Waals surface area contributed by atoms with Gasteiger partial charge in [0.05, 0.1) is 0 Å². The third-order valence-electron chi connectivity index (χ3n) is 5.09. The largest absolute Gasteiger partial charge is 0.351 e. The molecule has 3 heteroatoms. The van der Waals surface area contributed by atoms with Gasteiger partial charge in [0.1, 0.15) is 0 Å². The molecule has 0 spiro atoms. The molecule has 0 radical (unpaired) electrons. The second-order valence-electron chi connectivity index (χ2n) is 7.63. The number of unbranched alkanes of at least 4 members (excludes halogenated alkanes) is 15. The van der Waals surface area contributed by atoms with Crippen LogP contribution in [0.5, 0.6) is 0 Å². The first-order chi connectivity index (χ1) is 12.2. The van der Waals surface area contributed by atoms with E-state index in [0.29, 0.717) is 0 Å². The predicted octanol–water partition coefficient (Wildman–Crippen LogP) is 7.04. The molecule has 0 bridgehead atoms. The Morgan fingerprint density at radius 1 is 0.560 bits per heavy atom. The number of carbonyl (C=O) groups excluding carboxylic acids is 1. The average Bonchev–Trinajstić information content (AvgIpc) is 2.60. The van der Waals surface area contributed by atoms with Crippen molar-refractivity contribution in [1.82, 2.24) is 4.90 Å². The van der Waals surface area contributed by atoms with Crippen LogP contribution in [0.15, 0.2) is 0 Å². The standard InChI is InChI=1S/C22H46N2O/c1-3-5-6-7-8-9-10-11-12-13-14-15-16-17-18-19-21-24(20-4-2)22(23)25/h3-21H2,1-2H3,(H2,23,25). The smallest absolute Gasteiger partial charge is 0.314 e. The van der Waals surface area contributed by atoms with E-state index in [0.717, 1.165) is 25.9 Å². The summed E-state index contributed by atoms with van der Waals surface area (Å²) >= 11 is 0. The summed E-state index contributed by atoms with van der Waals surface area (Å²) in [5.74, 6) is 0. The van der Waals surface area contributed by atoms with Gasteiger partial charge in [0.25, 0.3) is 0 Å². The summed E-state index contributed by atoms with van der Waals surface area (Å²) in [4.78, 5) is 13.0. The van der Waals surface area contributed by atoms with Gasteiger partial charge in [0.15, 0.2) is 0 Å². The maximum atomic E-state index is 11.2. The summed E-state index contributed by atoms with van der Waals surface area (Å²) < 4.78 is 0. The number of rotatable bonds is 19. The Bertz CT molecular complexity index is 281. The fourth-order valence-electron chi connectivity index (χ4n) is 3.45. The van der Waals surface area contributed by atoms with Crippen molar-refractivity contribution in [2.24, 2.45) is 5.73 Å². The zero-order chi connectivity index (χ0) is 18.6. The molecule has 0 saturated carbocycles. The van der Waals surface area contributed by atoms with E-state index in [9.17, 15) is 4.79 Å². The van der Waals surface area contributed by atoms with E-state index in [2.05, 4.69) is 13.8 Å². The lowest BCUT2D eigenvalue weighted by Gasteiger charge is -2.19. The highest BCUT2D eigenvalue weighted by Gasteiger charge is 2.06. The maximum Gasteiger partial charge on any atom is 0.314 e. The lowest BCUT2D eigenvalue weighted by atomic mass is 10.0. The molecule has 0 saturated heterocycles. The minimum absolute atomic E-state index is 0.261. The summed E-state index contributed by atoms with van der Waals surface area (Å²) in [5.41, 5.74) is 5.38. The van der Waals surface area contributed by atoms with Gasteiger partial charge in [-0.25, -0.2) is 4.79 Å². The summed E-state index contributed by atoms with van der Waals surface area (Å²) in [6.07, 6.45) is 23.0. The molecular formula is C22H46N2O. The highest BCUT2D eigenvalue weighted by Crippen LogP contribution is 2.13. The molecule has 0 aromatic rings. The number of primary amides is 1. The molecule has 0 aliphatic rings. The number of hydrogen-bond donors (Lipinski definition) is 1. The van der Waals surface area contributed by atoms with Gasteiger partial charge in [-0.2, -0.15) is 0 Å². The van der Waals surface area contributed by atoms with Gasteiger partial charge in [0, 0.05) is 13.1 Å². The van der Waals surface area contributed by atoms with Crippen molar-refractivity contribution in [2.45, 2.75) is 123 Å². The molecule has 150 valence electrons. The van der Waals surface area contributed by atoms with Gasteiger partial charge >= 0.3 is 6.03 Å². The Balaban J connectivity index is 3.17. The fraction of sp³-hybridized carbons (Fsp3) is 0.955. The highest BCUT2D eigenvalue weighted by atomic mass is 16.2. The topological polar surface area (TPSA) is 46.3 Å². The third kappa shape index (κ3) is 17.9. The molecule has 0 aromatic carbocycles. The lowest BCUT2D eigenvalue weighted by molar-refractivity contribution is 0.206. The van der Waals surface area contributed by atoms with E-state index >= 15 is 0 Å². The van der Waals surface area contributed by atoms with Crippen LogP contribution in [0.1, 0.15) is 123 Å². The normalized spacial score (nSPS) is 11.0. The quantitative estimate of drug-likeness (QED) is 0.248. The van der Waals surface area contributed by atoms with Gasteiger partial charge in [-0.15, -0.1) is 0 Å². The Kier molecular flexibility index (Phi) is 19.0. The van der Waals surface area contributed by atoms with Gasteiger partial charge in [0.2, 0.25) is 0 Å². The zero-order valence-electron chi connectivity index (χ0n) is 17.4. The Hall–Kier alpha value is -0.730. The molecule has 3 nitrogen and oxygen atoms in total. The third-order valence-corrected chi connectivity index (χ3v) is 5.09. The minimum atomic E-state index is -0.261. The highest BCUT2D eigenvalue weighted by molar-refractivity contribution is 5.71. The number of nitrogens with two attached hydrogens (primary N) is 1. The summed E-state index contributed by atoms with van der Waals surface area (Å²) in [5, 5.41) is 0. The van der Waals surface area contributed by atoms with Crippen molar-refractivity contribution >= 4 is 6.03 Å². The molecular weight excluding hydrogens is 308 g/mol. The molecule has 0 unspecified atom stereocenters. The first-order valence-electron chi connectivity index (χ1n) is 11.3. The van der Waals surface area contributed by atoms with Gasteiger partial charge in [-0.1, -0.05) is 110 Å². The second kappa shape index (κ2) is 19.6. The van der Waals surface area contributed by atoms with E-state index in [1.165, 1.54) is 96.3 Å². The monoisotopic (exact) mass is 354 g/mol. The number of hydrogen-bond acceptors (Lipinski definition) is 1. The van der Waals surface area contributed by atoms with E-state index in [-0.39, 0.29) is 6.03 Å². The van der Waals surface area contributed by atoms with Crippen molar-refractivity contribution in [3.8, 4) is 0 Å². The number of amides is 2. The van der Waals surface area contributed by atoms with Gasteiger partial charge in [-0.3, -0.25) is 0 Å². The molecule has 0 heterocycles. The van der Waals surface area contributed by atoms with Crippen LogP contribution in [-0.2, 0) is 0 Å². The van der Waals surface area contributed by atoms with Crippen LogP contribution < -0.4 is 5.73 Å². The first-order valence-corrected chi connectivity index (χ1v) is 11.3. The first kappa shape index (κ1) is 24.3. The number of carbonyl (C=O) groups is 1. The van der Waals surface area contributed by atoms with E-state index < -0.39 is 0 Å². The predicted molar refractivity (Wildman–Crippen MR) is 111 cm³/mol. The van der Waals surface area contributed by atoms with Crippen LogP contribution in [0.2, 0.25) is 0 Å². The molecule has 0 atom stereocenters. The molecule has 0 fully saturated rings. The summed E-state index contributed by atoms with van der Waals surface area (Å²) in [6, 6.07) is -0.261. The van der Waals surface area contributed by atoms with Crippen molar-refractivity contribution in [3.05, 3.63) is 0 Å². The fourth-order valence-corrected chi connectivity index (χ4v) is 3.45. The van der Waals surface area contributed by atoms with Gasteiger partial charge < -0.3 is 10.6 Å². The SMILES string of the molecule is CCCCCCCCCCCCCCCCCCN(CCC)C(N)=O. The second-order valence-corrected chi connectivity index (χ2v) is 7.63. The summed E-state index contributed by atoms with van der Waals surface area (Å²) in [7, 11) is 0. The molecule has 0 aliphatic heterocycles. The molecule has 0 rings (SSSR count). The average molecular weight is 355 g/mol. The van der Waals surface area contributed by atoms with Gasteiger partial charge in [-0.05, 0) is 12.8 Å². The molecule has 0 aliphatic carbocycles. The Morgan fingerprint density at radius 3 is 1.24 bits per heavy atom. The van der Waals surface area contributed by atoms with E-state index in [1.807, 2.05) is 0 Å². The van der Waals surface area contributed by atoms with Crippen LogP contribution in [0, 0.1) is 0 Å². The number of urea groups is 1. The van der Waals surface area contributed by atoms with Crippen LogP contribution in [0.4, 0.5) is 4.79 Å². The molecule has 0 aromatic heterocycles. The van der Waals surface area contributed by atoms with Crippen molar-refractivity contribution in [3.63, 3.8) is 0 Å². The number of nitrogens with zero attached hydrogens (tertiary/aromatic N) is 1. The van der Waals surface area contributed by atoms with Crippen molar-refractivity contribution in [1.29, 1.82) is 0 Å². The van der Waals surface area contributed by atoms with Crippen LogP contribution in [-0.4, -0.2) is 24.0 Å². The zero-order valence-corrected chi connectivity index (χ0v) is 17.4. The Labute approximate surface area is 158 Å². The minimum Gasteiger partial charge on any atom is -0.351 e. The molecule has 2 amide bonds. The lowest BCUT2D eigenvalue weighted by Crippen LogP contribution is -2.36. The maximum absolute atomic E-state index is 11.2. The Morgan fingerprint density at radius 2 is 0.920 bits per heavy atom. The van der Waals surface area contributed by atoms with Crippen molar-refractivity contribution < 1.29 is 4.79 Å². The van der Waals surface area contributed by atoms with E-state index in [1.54, 1.807) is 4.90 Å². The van der Waals surface area contributed by atoms with E-state index in [4.69, 9.17) is 5.73 Å².